The molecule has 1 fully saturated rings. The second-order valence-corrected chi connectivity index (χ2v) is 9.03. The van der Waals surface area contributed by atoms with Crippen molar-refractivity contribution in [1.29, 1.82) is 0 Å². The molecule has 0 unspecified atom stereocenters. The normalized spacial score (nSPS) is 16.9. The number of likely N-dealkylation sites (tertiary alicyclic amines) is 1. The predicted molar refractivity (Wildman–Crippen MR) is 121 cm³/mol. The summed E-state index contributed by atoms with van der Waals surface area (Å²) in [5.74, 6) is 2.53. The highest BCUT2D eigenvalue weighted by molar-refractivity contribution is 7.99. The van der Waals surface area contributed by atoms with E-state index in [0.29, 0.717) is 19.6 Å². The van der Waals surface area contributed by atoms with Crippen LogP contribution >= 0.6 is 11.8 Å². The van der Waals surface area contributed by atoms with Crippen LogP contribution in [0.5, 0.6) is 11.5 Å². The van der Waals surface area contributed by atoms with Crippen LogP contribution in [0, 0.1) is 0 Å². The molecule has 5 nitrogen and oxygen atoms in total. The fraction of sp³-hybridized carbons (Fsp3) is 0.458. The molecule has 2 aromatic carbocycles. The molecule has 1 atom stereocenters. The van der Waals surface area contributed by atoms with E-state index in [4.69, 9.17) is 9.47 Å². The highest BCUT2D eigenvalue weighted by atomic mass is 32.2. The molecule has 160 valence electrons. The minimum Gasteiger partial charge on any atom is -0.486 e. The number of hydrogen-bond acceptors (Lipinski definition) is 5. The quantitative estimate of drug-likeness (QED) is 0.619. The number of nitrogens with one attached hydrogen (secondary N) is 1. The molecule has 0 aliphatic carbocycles. The molecule has 4 rings (SSSR count). The molecule has 0 aromatic heterocycles. The molecular weight excluding hydrogens is 396 g/mol. The van der Waals surface area contributed by atoms with E-state index in [1.807, 2.05) is 24.3 Å². The fourth-order valence-corrected chi connectivity index (χ4v) is 4.89. The van der Waals surface area contributed by atoms with Crippen molar-refractivity contribution in [3.05, 3.63) is 54.1 Å². The molecule has 6 heteroatoms. The molecule has 0 saturated carbocycles. The molecule has 0 bridgehead atoms. The van der Waals surface area contributed by atoms with Crippen LogP contribution in [0.25, 0.3) is 0 Å². The Balaban J connectivity index is 1.33. The number of hydrogen-bond donors (Lipinski definition) is 1. The Kier molecular flexibility index (Phi) is 7.54. The van der Waals surface area contributed by atoms with Gasteiger partial charge >= 0.3 is 0 Å². The summed E-state index contributed by atoms with van der Waals surface area (Å²) in [7, 11) is 0. The van der Waals surface area contributed by atoms with Crippen molar-refractivity contribution in [1.82, 2.24) is 10.2 Å². The van der Waals surface area contributed by atoms with E-state index in [9.17, 15) is 4.79 Å². The van der Waals surface area contributed by atoms with E-state index < -0.39 is 0 Å². The van der Waals surface area contributed by atoms with Gasteiger partial charge in [0.05, 0.1) is 0 Å². The summed E-state index contributed by atoms with van der Waals surface area (Å²) >= 11 is 1.73. The van der Waals surface area contributed by atoms with E-state index in [1.54, 1.807) is 11.8 Å². The van der Waals surface area contributed by atoms with Gasteiger partial charge in [0, 0.05) is 29.7 Å². The first-order valence-corrected chi connectivity index (χ1v) is 11.8. The number of nitrogens with zero attached hydrogens (tertiary/aromatic N) is 1. The lowest BCUT2D eigenvalue weighted by atomic mass is 10.0. The highest BCUT2D eigenvalue weighted by Crippen LogP contribution is 2.31. The number of benzene rings is 2. The molecule has 30 heavy (non-hydrogen) atoms. The van der Waals surface area contributed by atoms with Crippen LogP contribution in [-0.4, -0.2) is 55.4 Å². The Bertz CT molecular complexity index is 824. The van der Waals surface area contributed by atoms with Crippen LogP contribution in [0.15, 0.2) is 53.4 Å². The zero-order valence-electron chi connectivity index (χ0n) is 17.3. The zero-order chi connectivity index (χ0) is 20.6. The van der Waals surface area contributed by atoms with Crippen molar-refractivity contribution in [2.24, 2.45) is 0 Å². The van der Waals surface area contributed by atoms with Crippen LogP contribution in [-0.2, 0) is 11.2 Å². The van der Waals surface area contributed by atoms with Crippen molar-refractivity contribution in [2.45, 2.75) is 36.6 Å². The lowest BCUT2D eigenvalue weighted by Crippen LogP contribution is -2.44. The van der Waals surface area contributed by atoms with Crippen molar-refractivity contribution in [3.63, 3.8) is 0 Å². The summed E-state index contributed by atoms with van der Waals surface area (Å²) < 4.78 is 11.4. The topological polar surface area (TPSA) is 50.8 Å². The van der Waals surface area contributed by atoms with Crippen LogP contribution in [0.3, 0.4) is 0 Å². The van der Waals surface area contributed by atoms with Crippen molar-refractivity contribution in [3.8, 4) is 11.5 Å². The van der Waals surface area contributed by atoms with Crippen molar-refractivity contribution in [2.75, 3.05) is 38.6 Å². The van der Waals surface area contributed by atoms with E-state index in [0.717, 1.165) is 43.3 Å². The maximum absolute atomic E-state index is 12.7. The van der Waals surface area contributed by atoms with Gasteiger partial charge in [0.2, 0.25) is 5.91 Å². The molecule has 2 aliphatic rings. The second-order valence-electron chi connectivity index (χ2n) is 7.87. The van der Waals surface area contributed by atoms with Gasteiger partial charge in [-0.1, -0.05) is 24.3 Å². The number of thioether (sulfide) groups is 1. The van der Waals surface area contributed by atoms with Gasteiger partial charge in [-0.15, -0.1) is 11.8 Å². The number of amides is 1. The minimum atomic E-state index is 0.0971. The van der Waals surface area contributed by atoms with Gasteiger partial charge in [-0.25, -0.2) is 0 Å². The van der Waals surface area contributed by atoms with Crippen LogP contribution < -0.4 is 14.8 Å². The zero-order valence-corrected chi connectivity index (χ0v) is 18.2. The average molecular weight is 427 g/mol. The Hall–Kier alpha value is -2.18. The van der Waals surface area contributed by atoms with Crippen LogP contribution in [0.2, 0.25) is 0 Å². The van der Waals surface area contributed by atoms with E-state index in [2.05, 4.69) is 34.5 Å². The molecule has 1 N–H and O–H groups in total. The number of fused-ring (bicyclic) bond motifs is 1. The van der Waals surface area contributed by atoms with Gasteiger partial charge in [-0.3, -0.25) is 4.79 Å². The Labute approximate surface area is 183 Å². The summed E-state index contributed by atoms with van der Waals surface area (Å²) in [6.45, 7) is 4.32. The summed E-state index contributed by atoms with van der Waals surface area (Å²) in [4.78, 5) is 16.3. The van der Waals surface area contributed by atoms with Gasteiger partial charge in [0.15, 0.2) is 11.5 Å². The second kappa shape index (κ2) is 10.7. The summed E-state index contributed by atoms with van der Waals surface area (Å²) in [5.41, 5.74) is 1.17. The maximum atomic E-state index is 12.7. The van der Waals surface area contributed by atoms with Crippen molar-refractivity contribution < 1.29 is 14.3 Å². The molecule has 1 amide bonds. The lowest BCUT2D eigenvalue weighted by Gasteiger charge is -2.25. The molecule has 2 heterocycles. The van der Waals surface area contributed by atoms with Gasteiger partial charge < -0.3 is 19.7 Å². The van der Waals surface area contributed by atoms with E-state index in [1.165, 1.54) is 23.3 Å². The molecule has 2 aromatic rings. The van der Waals surface area contributed by atoms with Crippen molar-refractivity contribution >= 4 is 17.7 Å². The third-order valence-electron chi connectivity index (χ3n) is 5.47. The predicted octanol–water partition coefficient (Wildman–Crippen LogP) is 3.76. The van der Waals surface area contributed by atoms with Gasteiger partial charge in [0.25, 0.3) is 0 Å². The summed E-state index contributed by atoms with van der Waals surface area (Å²) in [5, 5.41) is 3.29. The smallest absolute Gasteiger partial charge is 0.221 e. The highest BCUT2D eigenvalue weighted by Gasteiger charge is 2.21. The summed E-state index contributed by atoms with van der Waals surface area (Å²) in [6, 6.07) is 16.5. The standard InChI is InChI=1S/C24H30N2O3S/c27-24(10-15-30-21-6-2-1-3-7-21)25-20(18-26-11-4-5-12-26)16-19-8-9-22-23(17-19)29-14-13-28-22/h1-3,6-9,17,20H,4-5,10-16,18H2,(H,25,27)/t20-/m0/s1. The largest absolute Gasteiger partial charge is 0.486 e. The van der Waals surface area contributed by atoms with Crippen LogP contribution in [0.1, 0.15) is 24.8 Å². The fourth-order valence-electron chi connectivity index (χ4n) is 4.02. The third kappa shape index (κ3) is 6.16. The third-order valence-corrected chi connectivity index (χ3v) is 6.49. The van der Waals surface area contributed by atoms with Crippen LogP contribution in [0.4, 0.5) is 0 Å². The Morgan fingerprint density at radius 1 is 1.03 bits per heavy atom. The number of rotatable bonds is 9. The molecule has 0 radical (unpaired) electrons. The van der Waals surface area contributed by atoms with Gasteiger partial charge in [-0.2, -0.15) is 0 Å². The average Bonchev–Trinajstić information content (AvgIpc) is 3.27. The SMILES string of the molecule is O=C(CCSc1ccccc1)N[C@@H](Cc1ccc2c(c1)OCCO2)CN1CCCC1. The Morgan fingerprint density at radius 3 is 2.60 bits per heavy atom. The first kappa shape index (κ1) is 21.1. The minimum absolute atomic E-state index is 0.0971. The Morgan fingerprint density at radius 2 is 1.80 bits per heavy atom. The van der Waals surface area contributed by atoms with Gasteiger partial charge in [-0.05, 0) is 62.2 Å². The molecule has 2 aliphatic heterocycles. The first-order valence-electron chi connectivity index (χ1n) is 10.8. The van der Waals surface area contributed by atoms with E-state index in [-0.39, 0.29) is 11.9 Å². The number of carbonyl (C=O) groups is 1. The first-order chi connectivity index (χ1) is 14.8. The summed E-state index contributed by atoms with van der Waals surface area (Å²) in [6.07, 6.45) is 3.82. The maximum Gasteiger partial charge on any atom is 0.221 e. The monoisotopic (exact) mass is 426 g/mol. The number of carbonyl (C=O) groups excluding carboxylic acids is 1. The molecule has 1 saturated heterocycles. The lowest BCUT2D eigenvalue weighted by molar-refractivity contribution is -0.121. The molecule has 0 spiro atoms. The number of ether oxygens (including phenoxy) is 2. The van der Waals surface area contributed by atoms with Gasteiger partial charge in [0.1, 0.15) is 13.2 Å². The van der Waals surface area contributed by atoms with E-state index >= 15 is 0 Å². The molecular formula is C24H30N2O3S.